The van der Waals surface area contributed by atoms with Crippen LogP contribution in [-0.4, -0.2) is 47.9 Å². The second-order valence-electron chi connectivity index (χ2n) is 5.82. The molecule has 2 unspecified atom stereocenters. The molecule has 2 atom stereocenters. The van der Waals surface area contributed by atoms with Crippen LogP contribution in [-0.2, 0) is 9.53 Å². The standard InChI is InChI=1S/C14H24N2O3S/c1-10-4-3-5-11(2)14(10)12(17)16(13(18)15-14)6-7-19-8-9-20/h10-11,20H,3-9H2,1-2H3,(H,15,18). The van der Waals surface area contributed by atoms with Crippen molar-refractivity contribution in [2.45, 2.75) is 38.6 Å². The fraction of sp³-hybridized carbons (Fsp3) is 0.857. The second kappa shape index (κ2) is 6.35. The Labute approximate surface area is 125 Å². The number of carbonyl (C=O) groups excluding carboxylic acids is 2. The molecule has 0 bridgehead atoms. The van der Waals surface area contributed by atoms with Gasteiger partial charge in [-0.15, -0.1) is 0 Å². The van der Waals surface area contributed by atoms with Crippen molar-refractivity contribution in [3.63, 3.8) is 0 Å². The van der Waals surface area contributed by atoms with Gasteiger partial charge in [-0.2, -0.15) is 12.6 Å². The molecule has 0 aromatic heterocycles. The highest BCUT2D eigenvalue weighted by molar-refractivity contribution is 7.80. The molecule has 5 nitrogen and oxygen atoms in total. The first-order valence-electron chi connectivity index (χ1n) is 7.36. The van der Waals surface area contributed by atoms with Crippen molar-refractivity contribution < 1.29 is 14.3 Å². The maximum absolute atomic E-state index is 12.7. The number of rotatable bonds is 5. The van der Waals surface area contributed by atoms with E-state index in [4.69, 9.17) is 4.74 Å². The third-order valence-corrected chi connectivity index (χ3v) is 4.86. The summed E-state index contributed by atoms with van der Waals surface area (Å²) < 4.78 is 5.32. The first kappa shape index (κ1) is 15.6. The van der Waals surface area contributed by atoms with Crippen molar-refractivity contribution in [2.75, 3.05) is 25.5 Å². The Bertz CT molecular complexity index is 379. The van der Waals surface area contributed by atoms with Crippen molar-refractivity contribution in [1.82, 2.24) is 10.2 Å². The highest BCUT2D eigenvalue weighted by Crippen LogP contribution is 2.41. The van der Waals surface area contributed by atoms with Crippen molar-refractivity contribution in [1.29, 1.82) is 0 Å². The van der Waals surface area contributed by atoms with E-state index < -0.39 is 5.54 Å². The Morgan fingerprint density at radius 1 is 1.30 bits per heavy atom. The van der Waals surface area contributed by atoms with Gasteiger partial charge in [0.1, 0.15) is 5.54 Å². The van der Waals surface area contributed by atoms with E-state index in [0.717, 1.165) is 19.3 Å². The molecule has 1 saturated carbocycles. The maximum Gasteiger partial charge on any atom is 0.325 e. The third-order valence-electron chi connectivity index (χ3n) is 4.68. The van der Waals surface area contributed by atoms with Gasteiger partial charge in [0.25, 0.3) is 5.91 Å². The average Bonchev–Trinajstić information content (AvgIpc) is 2.66. The maximum atomic E-state index is 12.7. The zero-order valence-electron chi connectivity index (χ0n) is 12.2. The van der Waals surface area contributed by atoms with Crippen LogP contribution in [0.15, 0.2) is 0 Å². The second-order valence-corrected chi connectivity index (χ2v) is 6.27. The smallest absolute Gasteiger partial charge is 0.325 e. The van der Waals surface area contributed by atoms with Gasteiger partial charge in [-0.05, 0) is 24.7 Å². The Kier molecular flexibility index (Phi) is 4.96. The van der Waals surface area contributed by atoms with Gasteiger partial charge in [0, 0.05) is 5.75 Å². The van der Waals surface area contributed by atoms with Gasteiger partial charge in [0.15, 0.2) is 0 Å². The number of thiol groups is 1. The number of hydrogen-bond acceptors (Lipinski definition) is 4. The zero-order valence-corrected chi connectivity index (χ0v) is 13.1. The fourth-order valence-electron chi connectivity index (χ4n) is 3.48. The fourth-order valence-corrected chi connectivity index (χ4v) is 3.61. The lowest BCUT2D eigenvalue weighted by Gasteiger charge is -2.42. The molecule has 1 aliphatic heterocycles. The third kappa shape index (κ3) is 2.55. The van der Waals surface area contributed by atoms with Crippen molar-refractivity contribution in [2.24, 2.45) is 11.8 Å². The molecule has 2 rings (SSSR count). The van der Waals surface area contributed by atoms with E-state index in [1.807, 2.05) is 0 Å². The lowest BCUT2D eigenvalue weighted by molar-refractivity contribution is -0.137. The molecule has 1 N–H and O–H groups in total. The van der Waals surface area contributed by atoms with Crippen molar-refractivity contribution >= 4 is 24.6 Å². The number of ether oxygens (including phenoxy) is 1. The van der Waals surface area contributed by atoms with E-state index in [0.29, 0.717) is 25.5 Å². The van der Waals surface area contributed by atoms with Crippen LogP contribution in [0.4, 0.5) is 4.79 Å². The minimum atomic E-state index is -0.696. The van der Waals surface area contributed by atoms with Crippen LogP contribution < -0.4 is 5.32 Å². The SMILES string of the molecule is CC1CCCC(C)C12NC(=O)N(CCOCCS)C2=O. The summed E-state index contributed by atoms with van der Waals surface area (Å²) in [6.45, 7) is 5.35. The van der Waals surface area contributed by atoms with Crippen LogP contribution in [0.2, 0.25) is 0 Å². The van der Waals surface area contributed by atoms with Gasteiger partial charge in [-0.3, -0.25) is 9.69 Å². The highest BCUT2D eigenvalue weighted by atomic mass is 32.1. The minimum Gasteiger partial charge on any atom is -0.379 e. The van der Waals surface area contributed by atoms with Gasteiger partial charge in [-0.25, -0.2) is 4.79 Å². The Hall–Kier alpha value is -0.750. The quantitative estimate of drug-likeness (QED) is 0.461. The van der Waals surface area contributed by atoms with E-state index in [9.17, 15) is 9.59 Å². The molecule has 0 radical (unpaired) electrons. The average molecular weight is 300 g/mol. The van der Waals surface area contributed by atoms with Crippen molar-refractivity contribution in [3.05, 3.63) is 0 Å². The van der Waals surface area contributed by atoms with Crippen molar-refractivity contribution in [3.8, 4) is 0 Å². The summed E-state index contributed by atoms with van der Waals surface area (Å²) in [6, 6.07) is -0.273. The summed E-state index contributed by atoms with van der Waals surface area (Å²) in [5.41, 5.74) is -0.696. The Morgan fingerprint density at radius 3 is 2.55 bits per heavy atom. The van der Waals surface area contributed by atoms with Crippen LogP contribution in [0.25, 0.3) is 0 Å². The van der Waals surface area contributed by atoms with Crippen LogP contribution in [0, 0.1) is 11.8 Å². The van der Waals surface area contributed by atoms with Gasteiger partial charge in [0.05, 0.1) is 19.8 Å². The van der Waals surface area contributed by atoms with E-state index >= 15 is 0 Å². The molecule has 114 valence electrons. The van der Waals surface area contributed by atoms with E-state index in [2.05, 4.69) is 31.8 Å². The lowest BCUT2D eigenvalue weighted by atomic mass is 9.67. The van der Waals surface area contributed by atoms with Gasteiger partial charge < -0.3 is 10.1 Å². The summed E-state index contributed by atoms with van der Waals surface area (Å²) in [5, 5.41) is 2.98. The van der Waals surface area contributed by atoms with Gasteiger partial charge >= 0.3 is 6.03 Å². The molecule has 1 spiro atoms. The number of imide groups is 1. The number of hydrogen-bond donors (Lipinski definition) is 2. The topological polar surface area (TPSA) is 58.6 Å². The molecule has 1 heterocycles. The lowest BCUT2D eigenvalue weighted by Crippen LogP contribution is -2.58. The normalized spacial score (nSPS) is 33.9. The molecule has 1 saturated heterocycles. The molecule has 2 aliphatic rings. The molecule has 2 fully saturated rings. The predicted molar refractivity (Wildman–Crippen MR) is 79.8 cm³/mol. The molecule has 0 aromatic carbocycles. The molecule has 0 aromatic rings. The van der Waals surface area contributed by atoms with Crippen LogP contribution >= 0.6 is 12.6 Å². The number of carbonyl (C=O) groups is 2. The summed E-state index contributed by atoms with van der Waals surface area (Å²) >= 11 is 4.06. The van der Waals surface area contributed by atoms with E-state index in [-0.39, 0.29) is 23.8 Å². The summed E-state index contributed by atoms with van der Waals surface area (Å²) in [5.74, 6) is 0.937. The highest BCUT2D eigenvalue weighted by Gasteiger charge is 2.58. The number of urea groups is 1. The largest absolute Gasteiger partial charge is 0.379 e. The molecular weight excluding hydrogens is 276 g/mol. The predicted octanol–water partition coefficient (Wildman–Crippen LogP) is 1.68. The van der Waals surface area contributed by atoms with Crippen LogP contribution in [0.5, 0.6) is 0 Å². The van der Waals surface area contributed by atoms with Crippen LogP contribution in [0.1, 0.15) is 33.1 Å². The molecule has 6 heteroatoms. The molecule has 3 amide bonds. The Morgan fingerprint density at radius 2 is 1.95 bits per heavy atom. The van der Waals surface area contributed by atoms with E-state index in [1.54, 1.807) is 0 Å². The van der Waals surface area contributed by atoms with E-state index in [1.165, 1.54) is 4.90 Å². The number of nitrogens with zero attached hydrogens (tertiary/aromatic N) is 1. The first-order valence-corrected chi connectivity index (χ1v) is 8.00. The van der Waals surface area contributed by atoms with Gasteiger partial charge in [0.2, 0.25) is 0 Å². The summed E-state index contributed by atoms with van der Waals surface area (Å²) in [4.78, 5) is 26.2. The number of nitrogens with one attached hydrogen (secondary N) is 1. The molecular formula is C14H24N2O3S. The van der Waals surface area contributed by atoms with Gasteiger partial charge in [-0.1, -0.05) is 20.3 Å². The zero-order chi connectivity index (χ0) is 14.8. The first-order chi connectivity index (χ1) is 9.54. The number of amides is 3. The Balaban J connectivity index is 2.07. The molecule has 1 aliphatic carbocycles. The summed E-state index contributed by atoms with van der Waals surface area (Å²) in [7, 11) is 0. The minimum absolute atomic E-state index is 0.0725. The summed E-state index contributed by atoms with van der Waals surface area (Å²) in [6.07, 6.45) is 3.10. The van der Waals surface area contributed by atoms with Crippen LogP contribution in [0.3, 0.4) is 0 Å². The monoisotopic (exact) mass is 300 g/mol. The molecule has 20 heavy (non-hydrogen) atoms.